The van der Waals surface area contributed by atoms with Crippen LogP contribution in [0.1, 0.15) is 0 Å². The summed E-state index contributed by atoms with van der Waals surface area (Å²) in [6.45, 7) is 0. The molecule has 12 aromatic rings. The van der Waals surface area contributed by atoms with E-state index >= 15 is 0 Å². The Morgan fingerprint density at radius 2 is 0.654 bits per heavy atom. The van der Waals surface area contributed by atoms with Crippen LogP contribution in [0.4, 0.5) is 0 Å². The van der Waals surface area contributed by atoms with Crippen molar-refractivity contribution in [3.8, 4) is 22.5 Å². The molecule has 0 atom stereocenters. The van der Waals surface area contributed by atoms with E-state index in [9.17, 15) is 0 Å². The highest BCUT2D eigenvalue weighted by Crippen LogP contribution is 2.46. The Balaban J connectivity index is 1.28. The number of para-hydroxylation sites is 6. The molecule has 8 aromatic carbocycles. The van der Waals surface area contributed by atoms with Crippen molar-refractivity contribution in [1.82, 2.24) is 9.13 Å². The first-order valence-corrected chi connectivity index (χ1v) is 17.7. The lowest BCUT2D eigenvalue weighted by molar-refractivity contribution is 0.658. The van der Waals surface area contributed by atoms with Gasteiger partial charge in [-0.2, -0.15) is 0 Å². The molecule has 4 heteroatoms. The predicted octanol–water partition coefficient (Wildman–Crippen LogP) is 13.3. The smallest absolute Gasteiger partial charge is 0.147 e. The van der Waals surface area contributed by atoms with E-state index < -0.39 is 0 Å². The molecule has 52 heavy (non-hydrogen) atoms. The first-order valence-electron chi connectivity index (χ1n) is 17.7. The molecule has 0 saturated carbocycles. The molecule has 0 amide bonds. The van der Waals surface area contributed by atoms with Crippen molar-refractivity contribution in [1.29, 1.82) is 0 Å². The molecule has 0 saturated heterocycles. The molecule has 0 radical (unpaired) electrons. The predicted molar refractivity (Wildman–Crippen MR) is 215 cm³/mol. The summed E-state index contributed by atoms with van der Waals surface area (Å²) in [5.41, 5.74) is 12.1. The van der Waals surface area contributed by atoms with Gasteiger partial charge in [0.25, 0.3) is 0 Å². The average molecular weight is 665 g/mol. The van der Waals surface area contributed by atoms with Crippen LogP contribution < -0.4 is 0 Å². The van der Waals surface area contributed by atoms with Gasteiger partial charge in [-0.25, -0.2) is 0 Å². The normalized spacial score (nSPS) is 12.2. The minimum Gasteiger partial charge on any atom is -0.455 e. The van der Waals surface area contributed by atoms with Crippen LogP contribution in [-0.4, -0.2) is 9.13 Å². The number of rotatable bonds is 3. The molecule has 0 N–H and O–H groups in total. The van der Waals surface area contributed by atoms with E-state index in [1.165, 1.54) is 21.5 Å². The lowest BCUT2D eigenvalue weighted by Gasteiger charge is -2.16. The van der Waals surface area contributed by atoms with E-state index in [0.717, 1.165) is 88.4 Å². The minimum absolute atomic E-state index is 0.820. The van der Waals surface area contributed by atoms with E-state index in [2.05, 4.69) is 167 Å². The summed E-state index contributed by atoms with van der Waals surface area (Å²) < 4.78 is 18.4. The van der Waals surface area contributed by atoms with Gasteiger partial charge in [-0.15, -0.1) is 0 Å². The van der Waals surface area contributed by atoms with Crippen molar-refractivity contribution in [2.45, 2.75) is 0 Å². The molecule has 12 rings (SSSR count). The highest BCUT2D eigenvalue weighted by molar-refractivity contribution is 6.22. The average Bonchev–Trinajstić information content (AvgIpc) is 3.94. The number of benzene rings is 8. The summed E-state index contributed by atoms with van der Waals surface area (Å²) in [7, 11) is 0. The molecule has 4 nitrogen and oxygen atoms in total. The van der Waals surface area contributed by atoms with Crippen molar-refractivity contribution in [3.05, 3.63) is 170 Å². The maximum atomic E-state index is 6.81. The van der Waals surface area contributed by atoms with E-state index in [0.29, 0.717) is 0 Å². The highest BCUT2D eigenvalue weighted by Gasteiger charge is 2.24. The SMILES string of the molecule is c1ccc2c(c1)oc1c(-c3cc(-n4c5ccccc5c5ccccc54)cc(-n4c5ccccc5c5ccccc54)c3)c3oc4ccccc4c3cc12. The van der Waals surface area contributed by atoms with Gasteiger partial charge in [0.1, 0.15) is 22.3 Å². The van der Waals surface area contributed by atoms with Crippen molar-refractivity contribution in [2.24, 2.45) is 0 Å². The van der Waals surface area contributed by atoms with Crippen molar-refractivity contribution in [3.63, 3.8) is 0 Å². The third-order valence-corrected chi connectivity index (χ3v) is 10.9. The zero-order chi connectivity index (χ0) is 33.9. The fourth-order valence-electron chi connectivity index (χ4n) is 8.70. The fourth-order valence-corrected chi connectivity index (χ4v) is 8.70. The summed E-state index contributed by atoms with van der Waals surface area (Å²) in [5, 5.41) is 9.22. The summed E-state index contributed by atoms with van der Waals surface area (Å²) in [6.07, 6.45) is 0. The van der Waals surface area contributed by atoms with Gasteiger partial charge in [0.15, 0.2) is 0 Å². The van der Waals surface area contributed by atoms with Crippen molar-refractivity contribution >= 4 is 87.5 Å². The Kier molecular flexibility index (Phi) is 5.47. The molecular weight excluding hydrogens is 637 g/mol. The Labute approximate surface area is 296 Å². The number of fused-ring (bicyclic) bond motifs is 12. The van der Waals surface area contributed by atoms with Crippen molar-refractivity contribution < 1.29 is 8.83 Å². The Bertz CT molecular complexity index is 3100. The van der Waals surface area contributed by atoms with Gasteiger partial charge in [0.2, 0.25) is 0 Å². The minimum atomic E-state index is 0.820. The Morgan fingerprint density at radius 3 is 1.06 bits per heavy atom. The van der Waals surface area contributed by atoms with Crippen LogP contribution in [0, 0.1) is 0 Å². The van der Waals surface area contributed by atoms with Gasteiger partial charge in [-0.1, -0.05) is 109 Å². The van der Waals surface area contributed by atoms with Gasteiger partial charge in [-0.05, 0) is 66.2 Å². The molecule has 0 unspecified atom stereocenters. The number of furan rings is 2. The summed E-state index contributed by atoms with van der Waals surface area (Å²) in [6, 6.07) is 60.6. The van der Waals surface area contributed by atoms with Crippen LogP contribution in [0.2, 0.25) is 0 Å². The number of hydrogen-bond acceptors (Lipinski definition) is 2. The number of aromatic nitrogens is 2. The second-order valence-electron chi connectivity index (χ2n) is 13.7. The Morgan fingerprint density at radius 1 is 0.308 bits per heavy atom. The number of hydrogen-bond donors (Lipinski definition) is 0. The second-order valence-corrected chi connectivity index (χ2v) is 13.7. The van der Waals surface area contributed by atoms with E-state index in [4.69, 9.17) is 8.83 Å². The molecule has 4 heterocycles. The first kappa shape index (κ1) is 27.7. The lowest BCUT2D eigenvalue weighted by atomic mass is 9.97. The quantitative estimate of drug-likeness (QED) is 0.188. The zero-order valence-electron chi connectivity index (χ0n) is 27.9. The molecule has 0 spiro atoms. The summed E-state index contributed by atoms with van der Waals surface area (Å²) >= 11 is 0. The molecule has 242 valence electrons. The zero-order valence-corrected chi connectivity index (χ0v) is 27.9. The van der Waals surface area contributed by atoms with Crippen LogP contribution in [0.3, 0.4) is 0 Å². The van der Waals surface area contributed by atoms with Gasteiger partial charge < -0.3 is 18.0 Å². The van der Waals surface area contributed by atoms with Gasteiger partial charge in [-0.3, -0.25) is 0 Å². The van der Waals surface area contributed by atoms with Crippen LogP contribution in [0.25, 0.3) is 110 Å². The topological polar surface area (TPSA) is 36.1 Å². The highest BCUT2D eigenvalue weighted by atomic mass is 16.3. The monoisotopic (exact) mass is 664 g/mol. The summed E-state index contributed by atoms with van der Waals surface area (Å²) in [5.74, 6) is 0. The van der Waals surface area contributed by atoms with Crippen molar-refractivity contribution in [2.75, 3.05) is 0 Å². The standard InChI is InChI=1S/C48H28N2O2/c1-7-19-40-32(13-1)33-14-2-8-20-41(33)49(40)30-25-29(26-31(27-30)50-42-21-9-3-15-34(42)35-16-4-10-22-43(35)50)46-47-38(36-17-5-11-23-44(36)51-47)28-39-37-18-6-12-24-45(37)52-48(39)46/h1-28H. The molecule has 0 bridgehead atoms. The third kappa shape index (κ3) is 3.70. The van der Waals surface area contributed by atoms with Crippen LogP contribution >= 0.6 is 0 Å². The molecule has 0 fully saturated rings. The summed E-state index contributed by atoms with van der Waals surface area (Å²) in [4.78, 5) is 0. The van der Waals surface area contributed by atoms with Crippen LogP contribution in [-0.2, 0) is 0 Å². The van der Waals surface area contributed by atoms with E-state index in [1.807, 2.05) is 12.1 Å². The molecule has 4 aromatic heterocycles. The molecule has 0 aliphatic carbocycles. The van der Waals surface area contributed by atoms with Crippen LogP contribution in [0.5, 0.6) is 0 Å². The van der Waals surface area contributed by atoms with Crippen LogP contribution in [0.15, 0.2) is 179 Å². The van der Waals surface area contributed by atoms with E-state index in [-0.39, 0.29) is 0 Å². The number of nitrogens with zero attached hydrogens (tertiary/aromatic N) is 2. The maximum Gasteiger partial charge on any atom is 0.147 e. The fraction of sp³-hybridized carbons (Fsp3) is 0. The van der Waals surface area contributed by atoms with Gasteiger partial charge in [0.05, 0.1) is 27.6 Å². The lowest BCUT2D eigenvalue weighted by Crippen LogP contribution is -2.00. The molecule has 0 aliphatic heterocycles. The first-order chi connectivity index (χ1) is 25.8. The third-order valence-electron chi connectivity index (χ3n) is 10.9. The van der Waals surface area contributed by atoms with E-state index in [1.54, 1.807) is 0 Å². The maximum absolute atomic E-state index is 6.81. The largest absolute Gasteiger partial charge is 0.455 e. The van der Waals surface area contributed by atoms with Gasteiger partial charge in [0, 0.05) is 54.5 Å². The Hall–Kier alpha value is -7.04. The van der Waals surface area contributed by atoms with Gasteiger partial charge >= 0.3 is 0 Å². The molecule has 0 aliphatic rings. The molecular formula is C48H28N2O2. The second kappa shape index (κ2) is 10.3.